The van der Waals surface area contributed by atoms with E-state index >= 15 is 0 Å². The fraction of sp³-hybridized carbons (Fsp3) is 0.136. The third-order valence-electron chi connectivity index (χ3n) is 4.46. The number of carbonyl (C=O) groups excluding carboxylic acids is 1. The molecule has 0 atom stereocenters. The van der Waals surface area contributed by atoms with Crippen LogP contribution in [0.3, 0.4) is 0 Å². The summed E-state index contributed by atoms with van der Waals surface area (Å²) in [6.45, 7) is 3.47. The van der Waals surface area contributed by atoms with Crippen molar-refractivity contribution in [1.82, 2.24) is 4.57 Å². The number of aromatic hydroxyl groups is 1. The second-order valence-electron chi connectivity index (χ2n) is 5.99. The summed E-state index contributed by atoms with van der Waals surface area (Å²) < 4.78 is 2.28. The highest BCUT2D eigenvalue weighted by atomic mass is 16.3. The van der Waals surface area contributed by atoms with Gasteiger partial charge in [-0.15, -0.1) is 0 Å². The van der Waals surface area contributed by atoms with Gasteiger partial charge in [-0.2, -0.15) is 0 Å². The number of aromatic nitrogens is 1. The number of nitrogens with two attached hydrogens (primary N) is 1. The molecule has 0 aliphatic rings. The van der Waals surface area contributed by atoms with Crippen molar-refractivity contribution in [2.24, 2.45) is 5.73 Å². The molecule has 0 aliphatic carbocycles. The van der Waals surface area contributed by atoms with Gasteiger partial charge in [-0.25, -0.2) is 0 Å². The first-order valence-electron chi connectivity index (χ1n) is 8.62. The third-order valence-corrected chi connectivity index (χ3v) is 4.46. The van der Waals surface area contributed by atoms with Crippen LogP contribution in [0.25, 0.3) is 21.8 Å². The molecule has 0 saturated heterocycles. The Hall–Kier alpha value is -3.11. The zero-order valence-electron chi connectivity index (χ0n) is 14.7. The summed E-state index contributed by atoms with van der Waals surface area (Å²) in [5.41, 5.74) is 9.24. The van der Waals surface area contributed by atoms with Gasteiger partial charge >= 0.3 is 0 Å². The molecule has 1 aromatic heterocycles. The van der Waals surface area contributed by atoms with Crippen LogP contribution in [0.1, 0.15) is 22.8 Å². The minimum absolute atomic E-state index is 0.278. The van der Waals surface area contributed by atoms with Crippen LogP contribution < -0.4 is 5.73 Å². The molecule has 0 amide bonds. The maximum absolute atomic E-state index is 10.9. The first-order chi connectivity index (χ1) is 12.7. The van der Waals surface area contributed by atoms with Crippen LogP contribution in [0.4, 0.5) is 0 Å². The first kappa shape index (κ1) is 17.7. The van der Waals surface area contributed by atoms with Crippen molar-refractivity contribution in [3.63, 3.8) is 0 Å². The van der Waals surface area contributed by atoms with Gasteiger partial charge in [0.05, 0.1) is 0 Å². The van der Waals surface area contributed by atoms with E-state index in [1.807, 2.05) is 36.4 Å². The SMILES string of the molecule is CCn1c2ccccc2c2cc(C=O)ccc21.NCc1ccccc1O. The van der Waals surface area contributed by atoms with E-state index in [4.69, 9.17) is 10.8 Å². The molecule has 4 aromatic rings. The minimum atomic E-state index is 0.278. The number of para-hydroxylation sites is 2. The normalized spacial score (nSPS) is 10.5. The predicted octanol–water partition coefficient (Wildman–Crippen LogP) is 4.48. The van der Waals surface area contributed by atoms with E-state index in [0.717, 1.165) is 29.3 Å². The second kappa shape index (κ2) is 7.85. The van der Waals surface area contributed by atoms with Gasteiger partial charge in [-0.05, 0) is 37.3 Å². The van der Waals surface area contributed by atoms with E-state index in [1.54, 1.807) is 18.2 Å². The zero-order chi connectivity index (χ0) is 18.5. The van der Waals surface area contributed by atoms with Gasteiger partial charge in [0.2, 0.25) is 0 Å². The molecule has 3 aromatic carbocycles. The molecular weight excluding hydrogens is 324 g/mol. The van der Waals surface area contributed by atoms with Crippen molar-refractivity contribution < 1.29 is 9.90 Å². The van der Waals surface area contributed by atoms with E-state index in [1.165, 1.54) is 16.4 Å². The summed E-state index contributed by atoms with van der Waals surface area (Å²) in [5.74, 6) is 0.278. The topological polar surface area (TPSA) is 68.2 Å². The molecule has 3 N–H and O–H groups in total. The number of carbonyl (C=O) groups is 1. The molecule has 4 heteroatoms. The highest BCUT2D eigenvalue weighted by Crippen LogP contribution is 2.29. The largest absolute Gasteiger partial charge is 0.508 e. The molecule has 0 aliphatic heterocycles. The van der Waals surface area contributed by atoms with E-state index in [9.17, 15) is 4.79 Å². The Morgan fingerprint density at radius 1 is 0.962 bits per heavy atom. The van der Waals surface area contributed by atoms with Crippen molar-refractivity contribution in [3.8, 4) is 5.75 Å². The van der Waals surface area contributed by atoms with Gasteiger partial charge in [0.1, 0.15) is 12.0 Å². The lowest BCUT2D eigenvalue weighted by Gasteiger charge is -2.02. The molecule has 0 saturated carbocycles. The van der Waals surface area contributed by atoms with Crippen LogP contribution in [0.2, 0.25) is 0 Å². The Labute approximate surface area is 152 Å². The predicted molar refractivity (Wildman–Crippen MR) is 107 cm³/mol. The smallest absolute Gasteiger partial charge is 0.150 e. The maximum atomic E-state index is 10.9. The summed E-state index contributed by atoms with van der Waals surface area (Å²) in [7, 11) is 0. The number of hydrogen-bond donors (Lipinski definition) is 2. The number of hydrogen-bond acceptors (Lipinski definition) is 3. The van der Waals surface area contributed by atoms with Crippen molar-refractivity contribution in [2.75, 3.05) is 0 Å². The van der Waals surface area contributed by atoms with Crippen LogP contribution in [-0.2, 0) is 13.1 Å². The van der Waals surface area contributed by atoms with E-state index in [2.05, 4.69) is 23.6 Å². The second-order valence-corrected chi connectivity index (χ2v) is 5.99. The van der Waals surface area contributed by atoms with E-state index in [-0.39, 0.29) is 5.75 Å². The first-order valence-corrected chi connectivity index (χ1v) is 8.62. The highest BCUT2D eigenvalue weighted by Gasteiger charge is 2.08. The summed E-state index contributed by atoms with van der Waals surface area (Å²) in [6.07, 6.45) is 0.900. The Bertz CT molecular complexity index is 1050. The highest BCUT2D eigenvalue weighted by molar-refractivity contribution is 6.09. The summed E-state index contributed by atoms with van der Waals surface area (Å²) in [5, 5.41) is 11.4. The minimum Gasteiger partial charge on any atom is -0.508 e. The molecule has 4 nitrogen and oxygen atoms in total. The number of phenolic OH excluding ortho intramolecular Hbond substituents is 1. The average Bonchev–Trinajstić information content (AvgIpc) is 3.01. The molecule has 0 fully saturated rings. The Kier molecular flexibility index (Phi) is 5.34. The number of phenols is 1. The average molecular weight is 346 g/mol. The van der Waals surface area contributed by atoms with Crippen LogP contribution in [0.5, 0.6) is 5.75 Å². The molecule has 4 rings (SSSR count). The molecule has 1 heterocycles. The summed E-state index contributed by atoms with van der Waals surface area (Å²) in [4.78, 5) is 10.9. The van der Waals surface area contributed by atoms with E-state index < -0.39 is 0 Å². The summed E-state index contributed by atoms with van der Waals surface area (Å²) >= 11 is 0. The maximum Gasteiger partial charge on any atom is 0.150 e. The van der Waals surface area contributed by atoms with Gasteiger partial charge in [0, 0.05) is 46.0 Å². The molecule has 0 unspecified atom stereocenters. The lowest BCUT2D eigenvalue weighted by molar-refractivity contribution is 0.112. The van der Waals surface area contributed by atoms with Gasteiger partial charge < -0.3 is 15.4 Å². The Morgan fingerprint density at radius 3 is 2.31 bits per heavy atom. The number of aldehydes is 1. The lowest BCUT2D eigenvalue weighted by Crippen LogP contribution is -1.95. The van der Waals surface area contributed by atoms with Crippen LogP contribution in [0.15, 0.2) is 66.7 Å². The van der Waals surface area contributed by atoms with Crippen molar-refractivity contribution >= 4 is 28.1 Å². The fourth-order valence-electron chi connectivity index (χ4n) is 3.17. The number of fused-ring (bicyclic) bond motifs is 3. The van der Waals surface area contributed by atoms with Crippen LogP contribution in [0, 0.1) is 0 Å². The van der Waals surface area contributed by atoms with Crippen LogP contribution >= 0.6 is 0 Å². The molecule has 0 spiro atoms. The standard InChI is InChI=1S/C15H13NO.C7H9NO/c1-2-16-14-6-4-3-5-12(14)13-9-11(10-17)7-8-15(13)16;8-5-6-3-1-2-4-7(6)9/h3-10H,2H2,1H3;1-4,9H,5,8H2. The number of aryl methyl sites for hydroxylation is 1. The van der Waals surface area contributed by atoms with Gasteiger partial charge in [-0.1, -0.05) is 36.4 Å². The number of benzene rings is 3. The molecule has 0 bridgehead atoms. The Morgan fingerprint density at radius 2 is 1.65 bits per heavy atom. The van der Waals surface area contributed by atoms with E-state index in [0.29, 0.717) is 6.54 Å². The quantitative estimate of drug-likeness (QED) is 0.538. The molecular formula is C22H22N2O2. The molecule has 26 heavy (non-hydrogen) atoms. The Balaban J connectivity index is 0.000000185. The summed E-state index contributed by atoms with van der Waals surface area (Å²) in [6, 6.07) is 21.2. The van der Waals surface area contributed by atoms with Gasteiger partial charge in [0.25, 0.3) is 0 Å². The monoisotopic (exact) mass is 346 g/mol. The molecule has 132 valence electrons. The van der Waals surface area contributed by atoms with Crippen molar-refractivity contribution in [1.29, 1.82) is 0 Å². The molecule has 0 radical (unpaired) electrons. The fourth-order valence-corrected chi connectivity index (χ4v) is 3.17. The van der Waals surface area contributed by atoms with Crippen molar-refractivity contribution in [3.05, 3.63) is 77.9 Å². The number of nitrogens with zero attached hydrogens (tertiary/aromatic N) is 1. The third kappa shape index (κ3) is 3.32. The zero-order valence-corrected chi connectivity index (χ0v) is 14.7. The van der Waals surface area contributed by atoms with Crippen molar-refractivity contribution in [2.45, 2.75) is 20.0 Å². The van der Waals surface area contributed by atoms with Gasteiger partial charge in [-0.3, -0.25) is 4.79 Å². The van der Waals surface area contributed by atoms with Gasteiger partial charge in [0.15, 0.2) is 0 Å². The lowest BCUT2D eigenvalue weighted by atomic mass is 10.1. The number of rotatable bonds is 3. The van der Waals surface area contributed by atoms with Crippen LogP contribution in [-0.4, -0.2) is 16.0 Å².